The maximum absolute atomic E-state index is 12.8. The molecule has 2 rings (SSSR count). The first-order chi connectivity index (χ1) is 8.99. The summed E-state index contributed by atoms with van der Waals surface area (Å²) >= 11 is 0. The Morgan fingerprint density at radius 2 is 1.79 bits per heavy atom. The second kappa shape index (κ2) is 5.75. The monoisotopic (exact) mass is 288 g/mol. The second-order valence-electron chi connectivity index (χ2n) is 4.58. The third kappa shape index (κ3) is 3.57. The fourth-order valence-corrected chi connectivity index (χ4v) is 3.40. The Kier molecular flexibility index (Phi) is 4.26. The molecule has 0 atom stereocenters. The zero-order chi connectivity index (χ0) is 13.9. The van der Waals surface area contributed by atoms with Crippen molar-refractivity contribution in [2.24, 2.45) is 0 Å². The number of benzene rings is 1. The molecule has 7 heteroatoms. The van der Waals surface area contributed by atoms with E-state index in [9.17, 15) is 17.9 Å². The molecule has 1 aromatic rings. The molecule has 0 aliphatic carbocycles. The molecular weight excluding hydrogens is 271 g/mol. The quantitative estimate of drug-likeness (QED) is 0.836. The number of nitrogens with one attached hydrogen (secondary N) is 1. The van der Waals surface area contributed by atoms with Crippen LogP contribution in [0, 0.1) is 5.82 Å². The summed E-state index contributed by atoms with van der Waals surface area (Å²) in [5, 5.41) is 9.52. The highest BCUT2D eigenvalue weighted by Gasteiger charge is 2.23. The van der Waals surface area contributed by atoms with E-state index >= 15 is 0 Å². The summed E-state index contributed by atoms with van der Waals surface area (Å²) in [6.45, 7) is 0.939. The van der Waals surface area contributed by atoms with E-state index in [1.807, 2.05) is 0 Å². The van der Waals surface area contributed by atoms with Gasteiger partial charge in [-0.15, -0.1) is 0 Å². The lowest BCUT2D eigenvalue weighted by molar-refractivity contribution is 0.426. The highest BCUT2D eigenvalue weighted by Crippen LogP contribution is 2.25. The minimum atomic E-state index is -3.69. The van der Waals surface area contributed by atoms with Crippen molar-refractivity contribution >= 4 is 15.9 Å². The molecule has 19 heavy (non-hydrogen) atoms. The number of halogens is 1. The van der Waals surface area contributed by atoms with Crippen molar-refractivity contribution in [3.8, 4) is 5.75 Å². The number of aromatic hydroxyl groups is 1. The maximum atomic E-state index is 12.8. The van der Waals surface area contributed by atoms with E-state index < -0.39 is 21.8 Å². The van der Waals surface area contributed by atoms with Crippen molar-refractivity contribution in [2.45, 2.75) is 25.7 Å². The van der Waals surface area contributed by atoms with Crippen LogP contribution in [0.1, 0.15) is 25.7 Å². The Hall–Kier alpha value is -1.34. The second-order valence-corrected chi connectivity index (χ2v) is 6.25. The van der Waals surface area contributed by atoms with Crippen LogP contribution in [-0.2, 0) is 10.2 Å². The molecule has 0 amide bonds. The van der Waals surface area contributed by atoms with E-state index in [0.29, 0.717) is 13.1 Å². The van der Waals surface area contributed by atoms with Crippen molar-refractivity contribution in [3.63, 3.8) is 0 Å². The first-order valence-electron chi connectivity index (χ1n) is 6.25. The van der Waals surface area contributed by atoms with Gasteiger partial charge >= 0.3 is 10.2 Å². The topological polar surface area (TPSA) is 69.6 Å². The third-order valence-corrected chi connectivity index (χ3v) is 4.63. The lowest BCUT2D eigenvalue weighted by Gasteiger charge is -2.21. The van der Waals surface area contributed by atoms with Crippen molar-refractivity contribution < 1.29 is 17.9 Å². The Labute approximate surface area is 112 Å². The first kappa shape index (κ1) is 14.1. The molecule has 2 N–H and O–H groups in total. The summed E-state index contributed by atoms with van der Waals surface area (Å²) in [4.78, 5) is 0. The van der Waals surface area contributed by atoms with Gasteiger partial charge in [0, 0.05) is 19.2 Å². The molecule has 106 valence electrons. The molecule has 0 radical (unpaired) electrons. The fraction of sp³-hybridized carbons (Fsp3) is 0.500. The minimum Gasteiger partial charge on any atom is -0.506 e. The van der Waals surface area contributed by atoms with Crippen LogP contribution < -0.4 is 4.72 Å². The SMILES string of the molecule is O=S(=O)(Nc1ccc(F)cc1O)N1CCCCCC1. The van der Waals surface area contributed by atoms with Crippen LogP contribution in [0.5, 0.6) is 5.75 Å². The smallest absolute Gasteiger partial charge is 0.301 e. The van der Waals surface area contributed by atoms with Crippen molar-refractivity contribution in [2.75, 3.05) is 17.8 Å². The lowest BCUT2D eigenvalue weighted by Crippen LogP contribution is -2.36. The van der Waals surface area contributed by atoms with E-state index in [2.05, 4.69) is 4.72 Å². The van der Waals surface area contributed by atoms with Crippen LogP contribution in [0.3, 0.4) is 0 Å². The van der Waals surface area contributed by atoms with Crippen LogP contribution in [0.4, 0.5) is 10.1 Å². The Balaban J connectivity index is 2.15. The zero-order valence-corrected chi connectivity index (χ0v) is 11.3. The fourth-order valence-electron chi connectivity index (χ4n) is 2.08. The summed E-state index contributed by atoms with van der Waals surface area (Å²) in [5.41, 5.74) is -0.00866. The highest BCUT2D eigenvalue weighted by molar-refractivity contribution is 7.90. The van der Waals surface area contributed by atoms with Crippen LogP contribution in [0.25, 0.3) is 0 Å². The molecule has 0 spiro atoms. The van der Waals surface area contributed by atoms with Gasteiger partial charge < -0.3 is 5.11 Å². The molecular formula is C12H17FN2O3S. The van der Waals surface area contributed by atoms with Crippen molar-refractivity contribution in [3.05, 3.63) is 24.0 Å². The number of rotatable bonds is 3. The summed E-state index contributed by atoms with van der Waals surface area (Å²) in [6.07, 6.45) is 3.70. The average molecular weight is 288 g/mol. The molecule has 1 fully saturated rings. The summed E-state index contributed by atoms with van der Waals surface area (Å²) in [6, 6.07) is 3.18. The van der Waals surface area contributed by atoms with Gasteiger partial charge in [-0.1, -0.05) is 12.8 Å². The number of nitrogens with zero attached hydrogens (tertiary/aromatic N) is 1. The predicted octanol–water partition coefficient (Wildman–Crippen LogP) is 2.06. The van der Waals surface area contributed by atoms with Gasteiger partial charge in [-0.25, -0.2) is 4.39 Å². The van der Waals surface area contributed by atoms with Gasteiger partial charge in [0.1, 0.15) is 11.6 Å². The van der Waals surface area contributed by atoms with E-state index in [4.69, 9.17) is 0 Å². The van der Waals surface area contributed by atoms with Crippen LogP contribution in [-0.4, -0.2) is 30.9 Å². The summed E-state index contributed by atoms with van der Waals surface area (Å²) in [7, 11) is -3.69. The first-order valence-corrected chi connectivity index (χ1v) is 7.69. The molecule has 0 bridgehead atoms. The number of phenols is 1. The minimum absolute atomic E-state index is 0.00866. The van der Waals surface area contributed by atoms with E-state index in [-0.39, 0.29) is 5.69 Å². The van der Waals surface area contributed by atoms with Crippen molar-refractivity contribution in [1.29, 1.82) is 0 Å². The van der Waals surface area contributed by atoms with Gasteiger partial charge in [-0.2, -0.15) is 12.7 Å². The van der Waals surface area contributed by atoms with Gasteiger partial charge in [-0.3, -0.25) is 4.72 Å². The average Bonchev–Trinajstić information content (AvgIpc) is 2.62. The highest BCUT2D eigenvalue weighted by atomic mass is 32.2. The molecule has 1 heterocycles. The molecule has 1 aliphatic rings. The summed E-state index contributed by atoms with van der Waals surface area (Å²) in [5.74, 6) is -1.03. The van der Waals surface area contributed by atoms with Crippen LogP contribution >= 0.6 is 0 Å². The summed E-state index contributed by atoms with van der Waals surface area (Å²) < 4.78 is 40.8. The molecule has 1 aromatic carbocycles. The largest absolute Gasteiger partial charge is 0.506 e. The molecule has 5 nitrogen and oxygen atoms in total. The number of anilines is 1. The van der Waals surface area contributed by atoms with Gasteiger partial charge in [0.25, 0.3) is 0 Å². The molecule has 1 saturated heterocycles. The lowest BCUT2D eigenvalue weighted by atomic mass is 10.2. The molecule has 1 aliphatic heterocycles. The normalized spacial score (nSPS) is 17.9. The van der Waals surface area contributed by atoms with Crippen molar-refractivity contribution in [1.82, 2.24) is 4.31 Å². The van der Waals surface area contributed by atoms with E-state index in [1.54, 1.807) is 0 Å². The molecule has 0 aromatic heterocycles. The Morgan fingerprint density at radius 3 is 2.37 bits per heavy atom. The van der Waals surface area contributed by atoms with E-state index in [1.165, 1.54) is 10.4 Å². The van der Waals surface area contributed by atoms with Gasteiger partial charge in [-0.05, 0) is 25.0 Å². The third-order valence-electron chi connectivity index (χ3n) is 3.10. The van der Waals surface area contributed by atoms with Gasteiger partial charge in [0.15, 0.2) is 0 Å². The van der Waals surface area contributed by atoms with Crippen LogP contribution in [0.15, 0.2) is 18.2 Å². The molecule has 0 saturated carbocycles. The zero-order valence-electron chi connectivity index (χ0n) is 10.5. The van der Waals surface area contributed by atoms with Gasteiger partial charge in [0.2, 0.25) is 0 Å². The number of hydrogen-bond acceptors (Lipinski definition) is 3. The van der Waals surface area contributed by atoms with Crippen LogP contribution in [0.2, 0.25) is 0 Å². The maximum Gasteiger partial charge on any atom is 0.301 e. The van der Waals surface area contributed by atoms with Gasteiger partial charge in [0.05, 0.1) is 5.69 Å². The molecule has 0 unspecified atom stereocenters. The number of hydrogen-bond donors (Lipinski definition) is 2. The predicted molar refractivity (Wildman–Crippen MR) is 70.6 cm³/mol. The standard InChI is InChI=1S/C12H17FN2O3S/c13-10-5-6-11(12(16)9-10)14-19(17,18)15-7-3-1-2-4-8-15/h5-6,9,14,16H,1-4,7-8H2. The Morgan fingerprint density at radius 1 is 1.16 bits per heavy atom. The Bertz CT molecular complexity index is 540. The van der Waals surface area contributed by atoms with E-state index in [0.717, 1.165) is 37.8 Å². The number of phenolic OH excluding ortho intramolecular Hbond substituents is 1.